The van der Waals surface area contributed by atoms with Gasteiger partial charge in [-0.15, -0.1) is 0 Å². The normalized spacial score (nSPS) is 11.8. The van der Waals surface area contributed by atoms with Gasteiger partial charge in [0.1, 0.15) is 5.82 Å². The Balaban J connectivity index is 2.16. The van der Waals surface area contributed by atoms with Gasteiger partial charge in [-0.25, -0.2) is 4.39 Å². The van der Waals surface area contributed by atoms with Crippen LogP contribution >= 0.6 is 15.9 Å². The van der Waals surface area contributed by atoms with E-state index in [1.807, 2.05) is 30.3 Å². The summed E-state index contributed by atoms with van der Waals surface area (Å²) in [5.41, 5.74) is 1.17. The molecule has 0 aliphatic rings. The molecule has 5 heteroatoms. The number of hydrogen-bond acceptors (Lipinski definition) is 3. The lowest BCUT2D eigenvalue weighted by Gasteiger charge is -2.17. The van der Waals surface area contributed by atoms with E-state index in [0.29, 0.717) is 5.69 Å². The molecule has 0 aliphatic heterocycles. The van der Waals surface area contributed by atoms with Crippen molar-refractivity contribution in [3.63, 3.8) is 0 Å². The lowest BCUT2D eigenvalue weighted by atomic mass is 9.99. The Hall–Kier alpha value is -1.88. The van der Waals surface area contributed by atoms with E-state index in [-0.39, 0.29) is 18.3 Å². The van der Waals surface area contributed by atoms with Gasteiger partial charge in [0.15, 0.2) is 0 Å². The summed E-state index contributed by atoms with van der Waals surface area (Å²) in [5.74, 6) is -1.21. The molecular formula is C16H15BrFNO2. The van der Waals surface area contributed by atoms with Gasteiger partial charge in [-0.2, -0.15) is 0 Å². The quantitative estimate of drug-likeness (QED) is 0.828. The van der Waals surface area contributed by atoms with Crippen LogP contribution in [0.3, 0.4) is 0 Å². The molecule has 2 aromatic carbocycles. The van der Waals surface area contributed by atoms with Gasteiger partial charge in [0.25, 0.3) is 0 Å². The maximum absolute atomic E-state index is 13.7. The predicted octanol–water partition coefficient (Wildman–Crippen LogP) is 3.96. The third kappa shape index (κ3) is 4.04. The number of carbonyl (C=O) groups is 1. The number of hydrogen-bond donors (Lipinski definition) is 1. The SMILES string of the molecule is COC(=O)C(CNc1cc(Br)ccc1F)c1ccccc1. The molecule has 0 aliphatic carbocycles. The molecule has 0 saturated carbocycles. The number of anilines is 1. The second-order valence-corrected chi connectivity index (χ2v) is 5.41. The molecule has 0 heterocycles. The molecular weight excluding hydrogens is 337 g/mol. The highest BCUT2D eigenvalue weighted by molar-refractivity contribution is 9.10. The van der Waals surface area contributed by atoms with Crippen LogP contribution in [0.5, 0.6) is 0 Å². The molecule has 1 atom stereocenters. The Morgan fingerprint density at radius 3 is 2.67 bits per heavy atom. The first-order valence-electron chi connectivity index (χ1n) is 6.43. The van der Waals surface area contributed by atoms with Crippen molar-refractivity contribution in [3.8, 4) is 0 Å². The Bertz CT molecular complexity index is 619. The van der Waals surface area contributed by atoms with Crippen LogP contribution in [0.1, 0.15) is 11.5 Å². The van der Waals surface area contributed by atoms with E-state index in [2.05, 4.69) is 21.2 Å². The van der Waals surface area contributed by atoms with E-state index in [1.54, 1.807) is 12.1 Å². The molecule has 0 saturated heterocycles. The van der Waals surface area contributed by atoms with Crippen molar-refractivity contribution in [2.75, 3.05) is 19.0 Å². The fourth-order valence-electron chi connectivity index (χ4n) is 2.01. The summed E-state index contributed by atoms with van der Waals surface area (Å²) in [6.07, 6.45) is 0. The zero-order chi connectivity index (χ0) is 15.2. The number of rotatable bonds is 5. The second-order valence-electron chi connectivity index (χ2n) is 4.49. The van der Waals surface area contributed by atoms with Crippen LogP contribution in [-0.2, 0) is 9.53 Å². The van der Waals surface area contributed by atoms with Gasteiger partial charge in [0.05, 0.1) is 18.7 Å². The van der Waals surface area contributed by atoms with Crippen molar-refractivity contribution in [2.45, 2.75) is 5.92 Å². The van der Waals surface area contributed by atoms with E-state index >= 15 is 0 Å². The van der Waals surface area contributed by atoms with Crippen molar-refractivity contribution in [3.05, 3.63) is 64.4 Å². The molecule has 110 valence electrons. The van der Waals surface area contributed by atoms with Gasteiger partial charge < -0.3 is 10.1 Å². The highest BCUT2D eigenvalue weighted by atomic mass is 79.9. The van der Waals surface area contributed by atoms with E-state index in [9.17, 15) is 9.18 Å². The van der Waals surface area contributed by atoms with Crippen LogP contribution in [0.4, 0.5) is 10.1 Å². The van der Waals surface area contributed by atoms with Crippen molar-refractivity contribution in [1.29, 1.82) is 0 Å². The first kappa shape index (κ1) is 15.5. The Kier molecular flexibility index (Phi) is 5.33. The Morgan fingerprint density at radius 2 is 2.00 bits per heavy atom. The number of methoxy groups -OCH3 is 1. The number of ether oxygens (including phenoxy) is 1. The summed E-state index contributed by atoms with van der Waals surface area (Å²) in [4.78, 5) is 11.9. The smallest absolute Gasteiger partial charge is 0.314 e. The third-order valence-corrected chi connectivity index (χ3v) is 3.61. The topological polar surface area (TPSA) is 38.3 Å². The number of benzene rings is 2. The summed E-state index contributed by atoms with van der Waals surface area (Å²) in [6, 6.07) is 13.9. The largest absolute Gasteiger partial charge is 0.468 e. The Labute approximate surface area is 131 Å². The summed E-state index contributed by atoms with van der Waals surface area (Å²) < 4.78 is 19.3. The monoisotopic (exact) mass is 351 g/mol. The molecule has 0 aromatic heterocycles. The van der Waals surface area contributed by atoms with Crippen LogP contribution < -0.4 is 5.32 Å². The molecule has 0 radical (unpaired) electrons. The van der Waals surface area contributed by atoms with Gasteiger partial charge in [0, 0.05) is 11.0 Å². The predicted molar refractivity (Wildman–Crippen MR) is 83.8 cm³/mol. The highest BCUT2D eigenvalue weighted by Gasteiger charge is 2.21. The van der Waals surface area contributed by atoms with E-state index in [1.165, 1.54) is 13.2 Å². The zero-order valence-corrected chi connectivity index (χ0v) is 13.1. The van der Waals surface area contributed by atoms with Crippen molar-refractivity contribution < 1.29 is 13.9 Å². The molecule has 21 heavy (non-hydrogen) atoms. The molecule has 3 nitrogen and oxygen atoms in total. The van der Waals surface area contributed by atoms with E-state index < -0.39 is 5.92 Å². The Morgan fingerprint density at radius 1 is 1.29 bits per heavy atom. The lowest BCUT2D eigenvalue weighted by Crippen LogP contribution is -2.22. The lowest BCUT2D eigenvalue weighted by molar-refractivity contribution is -0.142. The number of carbonyl (C=O) groups excluding carboxylic acids is 1. The second kappa shape index (κ2) is 7.22. The number of halogens is 2. The van der Waals surface area contributed by atoms with Gasteiger partial charge in [-0.05, 0) is 23.8 Å². The highest BCUT2D eigenvalue weighted by Crippen LogP contribution is 2.23. The van der Waals surface area contributed by atoms with Crippen molar-refractivity contribution in [2.24, 2.45) is 0 Å². The van der Waals surface area contributed by atoms with Crippen LogP contribution in [0.25, 0.3) is 0 Å². The molecule has 1 unspecified atom stereocenters. The van der Waals surface area contributed by atoms with Crippen LogP contribution in [0.2, 0.25) is 0 Å². The van der Waals surface area contributed by atoms with E-state index in [0.717, 1.165) is 10.0 Å². The maximum atomic E-state index is 13.7. The number of esters is 1. The van der Waals surface area contributed by atoms with Gasteiger partial charge in [0.2, 0.25) is 0 Å². The minimum absolute atomic E-state index is 0.254. The fourth-order valence-corrected chi connectivity index (χ4v) is 2.37. The summed E-state index contributed by atoms with van der Waals surface area (Å²) in [5, 5.41) is 2.96. The molecule has 0 spiro atoms. The average Bonchev–Trinajstić information content (AvgIpc) is 2.51. The summed E-state index contributed by atoms with van der Waals surface area (Å²) >= 11 is 3.29. The molecule has 0 fully saturated rings. The molecule has 2 aromatic rings. The van der Waals surface area contributed by atoms with Crippen molar-refractivity contribution in [1.82, 2.24) is 0 Å². The maximum Gasteiger partial charge on any atom is 0.314 e. The van der Waals surface area contributed by atoms with Gasteiger partial charge in [-0.1, -0.05) is 46.3 Å². The molecule has 0 bridgehead atoms. The molecule has 2 rings (SSSR count). The third-order valence-electron chi connectivity index (χ3n) is 3.11. The summed E-state index contributed by atoms with van der Waals surface area (Å²) in [7, 11) is 1.35. The van der Waals surface area contributed by atoms with E-state index in [4.69, 9.17) is 4.74 Å². The van der Waals surface area contributed by atoms with Crippen molar-refractivity contribution >= 4 is 27.6 Å². The first-order chi connectivity index (χ1) is 10.1. The van der Waals surface area contributed by atoms with Crippen LogP contribution in [0.15, 0.2) is 53.0 Å². The minimum atomic E-state index is -0.491. The zero-order valence-electron chi connectivity index (χ0n) is 11.5. The summed E-state index contributed by atoms with van der Waals surface area (Å²) in [6.45, 7) is 0.254. The first-order valence-corrected chi connectivity index (χ1v) is 7.23. The van der Waals surface area contributed by atoms with Crippen LogP contribution in [0, 0.1) is 5.82 Å². The minimum Gasteiger partial charge on any atom is -0.468 e. The number of nitrogens with one attached hydrogen (secondary N) is 1. The molecule has 0 amide bonds. The standard InChI is InChI=1S/C16H15BrFNO2/c1-21-16(20)13(11-5-3-2-4-6-11)10-19-15-9-12(17)7-8-14(15)18/h2-9,13,19H,10H2,1H3. The fraction of sp³-hybridized carbons (Fsp3) is 0.188. The molecule has 1 N–H and O–H groups in total. The van der Waals surface area contributed by atoms with Gasteiger partial charge >= 0.3 is 5.97 Å². The van der Waals surface area contributed by atoms with Crippen LogP contribution in [-0.4, -0.2) is 19.6 Å². The van der Waals surface area contributed by atoms with Gasteiger partial charge in [-0.3, -0.25) is 4.79 Å². The average molecular weight is 352 g/mol.